The highest BCUT2D eigenvalue weighted by atomic mass is 35.5. The normalized spacial score (nSPS) is 18.7. The summed E-state index contributed by atoms with van der Waals surface area (Å²) in [6.45, 7) is 4.25. The van der Waals surface area contributed by atoms with Crippen LogP contribution < -0.4 is 10.2 Å². The molecule has 0 aliphatic carbocycles. The molecule has 0 unspecified atom stereocenters. The maximum absolute atomic E-state index is 12.6. The van der Waals surface area contributed by atoms with Crippen molar-refractivity contribution in [3.05, 3.63) is 27.2 Å². The van der Waals surface area contributed by atoms with Crippen LogP contribution in [0.2, 0.25) is 5.15 Å². The average molecular weight is 470 g/mol. The molecule has 2 aromatic heterocycles. The third-order valence-corrected chi connectivity index (χ3v) is 6.47. The molecule has 168 valence electrons. The van der Waals surface area contributed by atoms with E-state index < -0.39 is 5.97 Å². The summed E-state index contributed by atoms with van der Waals surface area (Å²) >= 11 is 7.13. The molecule has 0 aromatic carbocycles. The topological polar surface area (TPSA) is 127 Å². The lowest BCUT2D eigenvalue weighted by Gasteiger charge is -2.37. The average Bonchev–Trinajstić information content (AvgIpc) is 3.37. The summed E-state index contributed by atoms with van der Waals surface area (Å²) in [7, 11) is 2.82. The van der Waals surface area contributed by atoms with E-state index >= 15 is 0 Å². The Morgan fingerprint density at radius 2 is 2.06 bits per heavy atom. The van der Waals surface area contributed by atoms with E-state index in [-0.39, 0.29) is 45.4 Å². The lowest BCUT2D eigenvalue weighted by molar-refractivity contribution is 0.0538. The molecule has 12 heteroatoms. The molecule has 0 spiro atoms. The molecule has 1 aliphatic heterocycles. The summed E-state index contributed by atoms with van der Waals surface area (Å²) in [6, 6.07) is -0.255. The number of piperidine rings is 1. The standard InChI is InChI=1S/C19H24ClN5O5S/c1-5-10-15(20)24-16(21-10)17(27)22-11-6-7-25(8-12(11)29-3)19-23-13(9(2)26)14(31-19)18(28)30-4/h11-12H,5-8H2,1-4H3,(H,21,24)(H,22,27)/t11-,12+/m1/s1. The van der Waals surface area contributed by atoms with E-state index in [0.29, 0.717) is 36.8 Å². The first-order chi connectivity index (χ1) is 14.8. The van der Waals surface area contributed by atoms with Crippen molar-refractivity contribution in [2.45, 2.75) is 38.8 Å². The minimum Gasteiger partial charge on any atom is -0.465 e. The molecular weight excluding hydrogens is 446 g/mol. The Kier molecular flexibility index (Phi) is 7.29. The van der Waals surface area contributed by atoms with Gasteiger partial charge in [0.2, 0.25) is 0 Å². The maximum atomic E-state index is 12.6. The van der Waals surface area contributed by atoms with Gasteiger partial charge in [0.1, 0.15) is 10.6 Å². The van der Waals surface area contributed by atoms with Crippen LogP contribution in [-0.4, -0.2) is 72.1 Å². The Bertz CT molecular complexity index is 990. The summed E-state index contributed by atoms with van der Waals surface area (Å²) in [6.07, 6.45) is 0.879. The number of methoxy groups -OCH3 is 2. The molecule has 2 atom stereocenters. The maximum Gasteiger partial charge on any atom is 0.350 e. The highest BCUT2D eigenvalue weighted by Crippen LogP contribution is 2.30. The van der Waals surface area contributed by atoms with Crippen LogP contribution in [0.25, 0.3) is 0 Å². The Labute approximate surface area is 188 Å². The zero-order chi connectivity index (χ0) is 22.7. The number of halogens is 1. The molecule has 1 aliphatic rings. The lowest BCUT2D eigenvalue weighted by Crippen LogP contribution is -2.55. The van der Waals surface area contributed by atoms with Crippen molar-refractivity contribution in [2.24, 2.45) is 0 Å². The molecule has 10 nitrogen and oxygen atoms in total. The third kappa shape index (κ3) is 4.89. The molecule has 0 bridgehead atoms. The number of carbonyl (C=O) groups is 3. The number of aromatic nitrogens is 3. The van der Waals surface area contributed by atoms with Crippen LogP contribution in [0, 0.1) is 0 Å². The van der Waals surface area contributed by atoms with Crippen molar-refractivity contribution < 1.29 is 23.9 Å². The number of hydrogen-bond acceptors (Lipinski definition) is 9. The van der Waals surface area contributed by atoms with E-state index in [1.54, 1.807) is 7.11 Å². The quantitative estimate of drug-likeness (QED) is 0.466. The summed E-state index contributed by atoms with van der Waals surface area (Å²) in [5, 5.41) is 3.77. The van der Waals surface area contributed by atoms with Crippen molar-refractivity contribution in [3.63, 3.8) is 0 Å². The van der Waals surface area contributed by atoms with Crippen LogP contribution in [0.15, 0.2) is 0 Å². The molecule has 31 heavy (non-hydrogen) atoms. The lowest BCUT2D eigenvalue weighted by atomic mass is 10.0. The van der Waals surface area contributed by atoms with E-state index in [2.05, 4.69) is 20.3 Å². The van der Waals surface area contributed by atoms with Crippen LogP contribution >= 0.6 is 22.9 Å². The zero-order valence-corrected chi connectivity index (χ0v) is 19.2. The number of H-pyrrole nitrogens is 1. The van der Waals surface area contributed by atoms with Crippen molar-refractivity contribution in [1.82, 2.24) is 20.3 Å². The predicted octanol–water partition coefficient (Wildman–Crippen LogP) is 2.09. The monoisotopic (exact) mass is 469 g/mol. The van der Waals surface area contributed by atoms with E-state index in [1.165, 1.54) is 14.0 Å². The number of amides is 1. The van der Waals surface area contributed by atoms with Gasteiger partial charge >= 0.3 is 5.97 Å². The first-order valence-corrected chi connectivity index (χ1v) is 10.9. The molecule has 2 aromatic rings. The van der Waals surface area contributed by atoms with Crippen LogP contribution in [0.1, 0.15) is 56.7 Å². The van der Waals surface area contributed by atoms with Gasteiger partial charge in [0.15, 0.2) is 21.9 Å². The Morgan fingerprint density at radius 1 is 1.32 bits per heavy atom. The summed E-state index contributed by atoms with van der Waals surface area (Å²) in [4.78, 5) is 50.0. The number of thiazole rings is 1. The number of ketones is 1. The SMILES string of the molecule is CCc1[nH]c(C(=O)N[C@@H]2CCN(c3nc(C(C)=O)c(C(=O)OC)s3)C[C@@H]2OC)nc1Cl. The number of imidazole rings is 1. The van der Waals surface area contributed by atoms with Gasteiger partial charge in [0.05, 0.1) is 24.9 Å². The number of carbonyl (C=O) groups excluding carboxylic acids is 3. The fourth-order valence-electron chi connectivity index (χ4n) is 3.37. The number of nitrogens with one attached hydrogen (secondary N) is 2. The van der Waals surface area contributed by atoms with E-state index in [0.717, 1.165) is 11.3 Å². The number of aromatic amines is 1. The van der Waals surface area contributed by atoms with Crippen molar-refractivity contribution in [2.75, 3.05) is 32.2 Å². The predicted molar refractivity (Wildman–Crippen MR) is 115 cm³/mol. The fraction of sp³-hybridized carbons (Fsp3) is 0.526. The van der Waals surface area contributed by atoms with Crippen molar-refractivity contribution in [1.29, 1.82) is 0 Å². The second-order valence-corrected chi connectivity index (χ2v) is 8.35. The number of esters is 1. The third-order valence-electron chi connectivity index (χ3n) is 5.07. The molecule has 1 amide bonds. The van der Waals surface area contributed by atoms with Crippen molar-refractivity contribution in [3.8, 4) is 0 Å². The van der Waals surface area contributed by atoms with E-state index in [9.17, 15) is 14.4 Å². The first-order valence-electron chi connectivity index (χ1n) is 9.72. The minimum absolute atomic E-state index is 0.0951. The molecule has 2 N–H and O–H groups in total. The minimum atomic E-state index is -0.594. The molecule has 1 saturated heterocycles. The van der Waals surface area contributed by atoms with Gasteiger partial charge in [0.25, 0.3) is 5.91 Å². The highest BCUT2D eigenvalue weighted by molar-refractivity contribution is 7.17. The van der Waals surface area contributed by atoms with E-state index in [1.807, 2.05) is 11.8 Å². The number of hydrogen-bond donors (Lipinski definition) is 2. The number of Topliss-reactive ketones (excluding diaryl/α,β-unsaturated/α-hetero) is 1. The van der Waals surface area contributed by atoms with Gasteiger partial charge in [0, 0.05) is 27.1 Å². The molecule has 3 heterocycles. The number of nitrogens with zero attached hydrogens (tertiary/aromatic N) is 3. The number of aryl methyl sites for hydroxylation is 1. The number of anilines is 1. The van der Waals surface area contributed by atoms with Gasteiger partial charge < -0.3 is 24.7 Å². The fourth-order valence-corrected chi connectivity index (χ4v) is 4.71. The van der Waals surface area contributed by atoms with Gasteiger partial charge in [-0.25, -0.2) is 14.8 Å². The molecule has 1 fully saturated rings. The molecule has 0 saturated carbocycles. The second-order valence-electron chi connectivity index (χ2n) is 7.02. The number of ether oxygens (including phenoxy) is 2. The Balaban J connectivity index is 1.72. The van der Waals surface area contributed by atoms with Gasteiger partial charge in [-0.3, -0.25) is 9.59 Å². The highest BCUT2D eigenvalue weighted by Gasteiger charge is 2.34. The second kappa shape index (κ2) is 9.75. The van der Waals surface area contributed by atoms with Crippen LogP contribution in [0.4, 0.5) is 5.13 Å². The Morgan fingerprint density at radius 3 is 2.65 bits per heavy atom. The molecule has 3 rings (SSSR count). The summed E-state index contributed by atoms with van der Waals surface area (Å²) < 4.78 is 10.4. The van der Waals surface area contributed by atoms with Gasteiger partial charge in [-0.05, 0) is 12.8 Å². The van der Waals surface area contributed by atoms with Crippen molar-refractivity contribution >= 4 is 45.7 Å². The summed E-state index contributed by atoms with van der Waals surface area (Å²) in [5.74, 6) is -1.10. The van der Waals surface area contributed by atoms with Crippen LogP contribution in [0.3, 0.4) is 0 Å². The smallest absolute Gasteiger partial charge is 0.350 e. The van der Waals surface area contributed by atoms with Gasteiger partial charge in [-0.2, -0.15) is 0 Å². The van der Waals surface area contributed by atoms with E-state index in [4.69, 9.17) is 21.1 Å². The first kappa shape index (κ1) is 23.2. The Hall–Kier alpha value is -2.50. The largest absolute Gasteiger partial charge is 0.465 e. The van der Waals surface area contributed by atoms with Crippen LogP contribution in [-0.2, 0) is 15.9 Å². The summed E-state index contributed by atoms with van der Waals surface area (Å²) in [5.41, 5.74) is 0.800. The van der Waals surface area contributed by atoms with Gasteiger partial charge in [-0.1, -0.05) is 29.9 Å². The van der Waals surface area contributed by atoms with Gasteiger partial charge in [-0.15, -0.1) is 0 Å². The molecular formula is C19H24ClN5O5S. The van der Waals surface area contributed by atoms with Crippen LogP contribution in [0.5, 0.6) is 0 Å². The number of rotatable bonds is 7. The zero-order valence-electron chi connectivity index (χ0n) is 17.7. The molecule has 0 radical (unpaired) electrons.